The summed E-state index contributed by atoms with van der Waals surface area (Å²) in [5.74, 6) is -0.106. The SMILES string of the molecule is C=C(C)C(=O)NC(C)c1ccc(Br)cc1. The Bertz CT molecular complexity index is 370. The highest BCUT2D eigenvalue weighted by Crippen LogP contribution is 2.16. The number of hydrogen-bond acceptors (Lipinski definition) is 1. The zero-order chi connectivity index (χ0) is 11.4. The number of hydrogen-bond donors (Lipinski definition) is 1. The lowest BCUT2D eigenvalue weighted by atomic mass is 10.1. The first-order chi connectivity index (χ1) is 7.00. The fourth-order valence-corrected chi connectivity index (χ4v) is 1.42. The maximum atomic E-state index is 11.4. The summed E-state index contributed by atoms with van der Waals surface area (Å²) in [6, 6.07) is 7.88. The molecule has 0 radical (unpaired) electrons. The van der Waals surface area contributed by atoms with Crippen LogP contribution in [-0.2, 0) is 4.79 Å². The van der Waals surface area contributed by atoms with Gasteiger partial charge in [0.15, 0.2) is 0 Å². The van der Waals surface area contributed by atoms with E-state index >= 15 is 0 Å². The highest BCUT2D eigenvalue weighted by molar-refractivity contribution is 9.10. The van der Waals surface area contributed by atoms with Crippen molar-refractivity contribution in [3.8, 4) is 0 Å². The third-order valence-electron chi connectivity index (χ3n) is 2.11. The molecule has 1 aromatic rings. The van der Waals surface area contributed by atoms with E-state index in [0.717, 1.165) is 10.0 Å². The summed E-state index contributed by atoms with van der Waals surface area (Å²) in [6.07, 6.45) is 0. The van der Waals surface area contributed by atoms with Crippen molar-refractivity contribution in [2.75, 3.05) is 0 Å². The molecule has 80 valence electrons. The summed E-state index contributed by atoms with van der Waals surface area (Å²) in [7, 11) is 0. The van der Waals surface area contributed by atoms with Crippen molar-refractivity contribution in [1.29, 1.82) is 0 Å². The van der Waals surface area contributed by atoms with E-state index in [1.807, 2.05) is 31.2 Å². The van der Waals surface area contributed by atoms with Crippen molar-refractivity contribution >= 4 is 21.8 Å². The molecule has 0 aliphatic carbocycles. The van der Waals surface area contributed by atoms with Gasteiger partial charge in [0.2, 0.25) is 5.91 Å². The van der Waals surface area contributed by atoms with Crippen LogP contribution in [0.3, 0.4) is 0 Å². The predicted octanol–water partition coefficient (Wildman–Crippen LogP) is 3.20. The van der Waals surface area contributed by atoms with Crippen LogP contribution in [0.1, 0.15) is 25.5 Å². The molecule has 15 heavy (non-hydrogen) atoms. The van der Waals surface area contributed by atoms with Gasteiger partial charge in [-0.1, -0.05) is 34.6 Å². The number of halogens is 1. The molecule has 0 spiro atoms. The molecule has 1 rings (SSSR count). The van der Waals surface area contributed by atoms with E-state index in [0.29, 0.717) is 5.57 Å². The Labute approximate surface area is 98.5 Å². The van der Waals surface area contributed by atoms with Gasteiger partial charge in [0.1, 0.15) is 0 Å². The van der Waals surface area contributed by atoms with Gasteiger partial charge in [-0.2, -0.15) is 0 Å². The first-order valence-corrected chi connectivity index (χ1v) is 5.52. The van der Waals surface area contributed by atoms with Crippen LogP contribution in [-0.4, -0.2) is 5.91 Å². The molecule has 2 nitrogen and oxygen atoms in total. The highest BCUT2D eigenvalue weighted by atomic mass is 79.9. The van der Waals surface area contributed by atoms with Gasteiger partial charge in [0.05, 0.1) is 6.04 Å². The lowest BCUT2D eigenvalue weighted by Gasteiger charge is -2.14. The third-order valence-corrected chi connectivity index (χ3v) is 2.63. The molecule has 1 N–H and O–H groups in total. The van der Waals surface area contributed by atoms with Crippen molar-refractivity contribution in [2.24, 2.45) is 0 Å². The smallest absolute Gasteiger partial charge is 0.246 e. The van der Waals surface area contributed by atoms with Crippen molar-refractivity contribution in [3.63, 3.8) is 0 Å². The van der Waals surface area contributed by atoms with Crippen molar-refractivity contribution in [2.45, 2.75) is 19.9 Å². The van der Waals surface area contributed by atoms with E-state index in [9.17, 15) is 4.79 Å². The number of rotatable bonds is 3. The Hall–Kier alpha value is -1.09. The molecule has 0 heterocycles. The Kier molecular flexibility index (Phi) is 4.09. The molecule has 1 amide bonds. The third kappa shape index (κ3) is 3.51. The zero-order valence-corrected chi connectivity index (χ0v) is 10.5. The lowest BCUT2D eigenvalue weighted by Crippen LogP contribution is -2.26. The van der Waals surface area contributed by atoms with Crippen LogP contribution in [0, 0.1) is 0 Å². The van der Waals surface area contributed by atoms with Crippen LogP contribution in [0.15, 0.2) is 40.9 Å². The van der Waals surface area contributed by atoms with Crippen LogP contribution < -0.4 is 5.32 Å². The summed E-state index contributed by atoms with van der Waals surface area (Å²) < 4.78 is 1.03. The first kappa shape index (κ1) is 12.0. The minimum Gasteiger partial charge on any atom is -0.346 e. The Morgan fingerprint density at radius 2 is 1.93 bits per heavy atom. The zero-order valence-electron chi connectivity index (χ0n) is 8.88. The number of nitrogens with one attached hydrogen (secondary N) is 1. The molecule has 0 aromatic heterocycles. The summed E-state index contributed by atoms with van der Waals surface area (Å²) in [4.78, 5) is 11.4. The normalized spacial score (nSPS) is 11.9. The van der Waals surface area contributed by atoms with Gasteiger partial charge < -0.3 is 5.32 Å². The second kappa shape index (κ2) is 5.12. The summed E-state index contributed by atoms with van der Waals surface area (Å²) in [6.45, 7) is 7.24. The number of carbonyl (C=O) groups is 1. The Balaban J connectivity index is 2.69. The van der Waals surface area contributed by atoms with E-state index < -0.39 is 0 Å². The summed E-state index contributed by atoms with van der Waals surface area (Å²) in [5.41, 5.74) is 1.60. The average Bonchev–Trinajstić information content (AvgIpc) is 2.18. The molecule has 0 saturated heterocycles. The highest BCUT2D eigenvalue weighted by Gasteiger charge is 2.09. The quantitative estimate of drug-likeness (QED) is 0.838. The van der Waals surface area contributed by atoms with Crippen LogP contribution in [0.2, 0.25) is 0 Å². The molecule has 0 fully saturated rings. The van der Waals surface area contributed by atoms with Crippen molar-refractivity contribution in [1.82, 2.24) is 5.32 Å². The van der Waals surface area contributed by atoms with Gasteiger partial charge in [-0.05, 0) is 31.5 Å². The van der Waals surface area contributed by atoms with Gasteiger partial charge in [-0.3, -0.25) is 4.79 Å². The fourth-order valence-electron chi connectivity index (χ4n) is 1.15. The minimum atomic E-state index is -0.106. The average molecular weight is 268 g/mol. The van der Waals surface area contributed by atoms with Crippen LogP contribution in [0.25, 0.3) is 0 Å². The van der Waals surface area contributed by atoms with Crippen LogP contribution in [0.4, 0.5) is 0 Å². The Morgan fingerprint density at radius 3 is 2.40 bits per heavy atom. The van der Waals surface area contributed by atoms with Gasteiger partial charge in [-0.15, -0.1) is 0 Å². The monoisotopic (exact) mass is 267 g/mol. The van der Waals surface area contributed by atoms with E-state index in [2.05, 4.69) is 27.8 Å². The molecule has 1 atom stereocenters. The van der Waals surface area contributed by atoms with Crippen molar-refractivity contribution < 1.29 is 4.79 Å². The summed E-state index contributed by atoms with van der Waals surface area (Å²) in [5, 5.41) is 2.86. The standard InChI is InChI=1S/C12H14BrNO/c1-8(2)12(15)14-9(3)10-4-6-11(13)7-5-10/h4-7,9H,1H2,2-3H3,(H,14,15). The number of carbonyl (C=O) groups excluding carboxylic acids is 1. The summed E-state index contributed by atoms with van der Waals surface area (Å²) >= 11 is 3.37. The predicted molar refractivity (Wildman–Crippen MR) is 65.5 cm³/mol. The maximum Gasteiger partial charge on any atom is 0.246 e. The van der Waals surface area contributed by atoms with Gasteiger partial charge in [0, 0.05) is 10.0 Å². The minimum absolute atomic E-state index is 0.00213. The first-order valence-electron chi connectivity index (χ1n) is 4.72. The maximum absolute atomic E-state index is 11.4. The second-order valence-corrected chi connectivity index (χ2v) is 4.44. The molecular formula is C12H14BrNO. The lowest BCUT2D eigenvalue weighted by molar-refractivity contribution is -0.118. The molecule has 0 saturated carbocycles. The van der Waals surface area contributed by atoms with Gasteiger partial charge in [-0.25, -0.2) is 0 Å². The molecule has 0 aliphatic rings. The second-order valence-electron chi connectivity index (χ2n) is 3.53. The molecule has 3 heteroatoms. The van der Waals surface area contributed by atoms with E-state index in [4.69, 9.17) is 0 Å². The van der Waals surface area contributed by atoms with Crippen LogP contribution in [0.5, 0.6) is 0 Å². The molecule has 0 aliphatic heterocycles. The van der Waals surface area contributed by atoms with Gasteiger partial charge in [0.25, 0.3) is 0 Å². The largest absolute Gasteiger partial charge is 0.346 e. The van der Waals surface area contributed by atoms with E-state index in [-0.39, 0.29) is 11.9 Å². The number of benzene rings is 1. The fraction of sp³-hybridized carbons (Fsp3) is 0.250. The molecule has 0 bridgehead atoms. The van der Waals surface area contributed by atoms with E-state index in [1.165, 1.54) is 0 Å². The van der Waals surface area contributed by atoms with Crippen LogP contribution >= 0.6 is 15.9 Å². The van der Waals surface area contributed by atoms with E-state index in [1.54, 1.807) is 6.92 Å². The number of amides is 1. The van der Waals surface area contributed by atoms with Crippen molar-refractivity contribution in [3.05, 3.63) is 46.5 Å². The Morgan fingerprint density at radius 1 is 1.40 bits per heavy atom. The molecule has 1 unspecified atom stereocenters. The topological polar surface area (TPSA) is 29.1 Å². The van der Waals surface area contributed by atoms with Gasteiger partial charge >= 0.3 is 0 Å². The molecular weight excluding hydrogens is 254 g/mol. The molecule has 1 aromatic carbocycles.